The normalized spacial score (nSPS) is 10.4. The standard InChI is InChI=1S/C16H18O5/c1-20-16-9-12(10-17)3-5-15(16)21-7-6-11-2-4-13(18)14(19)8-11/h2-5,8-9,17-19H,6-7,10H2,1H3. The zero-order valence-electron chi connectivity index (χ0n) is 11.7. The van der Waals surface area contributed by atoms with Crippen molar-refractivity contribution in [3.8, 4) is 23.0 Å². The molecule has 21 heavy (non-hydrogen) atoms. The summed E-state index contributed by atoms with van der Waals surface area (Å²) in [6, 6.07) is 9.92. The van der Waals surface area contributed by atoms with Crippen molar-refractivity contribution in [2.45, 2.75) is 13.0 Å². The molecule has 0 heterocycles. The van der Waals surface area contributed by atoms with E-state index in [9.17, 15) is 10.2 Å². The number of methoxy groups -OCH3 is 1. The maximum absolute atomic E-state index is 9.42. The van der Waals surface area contributed by atoms with Crippen molar-refractivity contribution >= 4 is 0 Å². The van der Waals surface area contributed by atoms with Crippen molar-refractivity contribution in [3.63, 3.8) is 0 Å². The van der Waals surface area contributed by atoms with E-state index >= 15 is 0 Å². The van der Waals surface area contributed by atoms with Crippen molar-refractivity contribution < 1.29 is 24.8 Å². The highest BCUT2D eigenvalue weighted by Crippen LogP contribution is 2.29. The first-order valence-electron chi connectivity index (χ1n) is 6.55. The third-order valence-corrected chi connectivity index (χ3v) is 3.10. The van der Waals surface area contributed by atoms with Gasteiger partial charge in [0.15, 0.2) is 23.0 Å². The maximum Gasteiger partial charge on any atom is 0.161 e. The second kappa shape index (κ2) is 6.85. The van der Waals surface area contributed by atoms with Gasteiger partial charge < -0.3 is 24.8 Å². The number of aromatic hydroxyl groups is 2. The van der Waals surface area contributed by atoms with Crippen molar-refractivity contribution in [2.24, 2.45) is 0 Å². The molecule has 5 nitrogen and oxygen atoms in total. The van der Waals surface area contributed by atoms with Crippen LogP contribution in [0.25, 0.3) is 0 Å². The summed E-state index contributed by atoms with van der Waals surface area (Å²) in [7, 11) is 1.54. The van der Waals surface area contributed by atoms with E-state index < -0.39 is 0 Å². The van der Waals surface area contributed by atoms with Crippen LogP contribution in [0, 0.1) is 0 Å². The fourth-order valence-corrected chi connectivity index (χ4v) is 1.93. The van der Waals surface area contributed by atoms with Gasteiger partial charge in [0.05, 0.1) is 20.3 Å². The molecule has 112 valence electrons. The third kappa shape index (κ3) is 3.79. The summed E-state index contributed by atoms with van der Waals surface area (Å²) in [5.41, 5.74) is 1.61. The van der Waals surface area contributed by atoms with E-state index in [0.29, 0.717) is 24.5 Å². The third-order valence-electron chi connectivity index (χ3n) is 3.10. The molecule has 0 spiro atoms. The minimum atomic E-state index is -0.141. The molecule has 0 saturated carbocycles. The Morgan fingerprint density at radius 3 is 2.33 bits per heavy atom. The lowest BCUT2D eigenvalue weighted by atomic mass is 10.1. The number of rotatable bonds is 6. The summed E-state index contributed by atoms with van der Waals surface area (Å²) in [5.74, 6) is 0.881. The SMILES string of the molecule is COc1cc(CO)ccc1OCCc1ccc(O)c(O)c1. The Morgan fingerprint density at radius 1 is 0.905 bits per heavy atom. The molecular weight excluding hydrogens is 272 g/mol. The van der Waals surface area contributed by atoms with E-state index in [1.54, 1.807) is 31.4 Å². The Kier molecular flexibility index (Phi) is 4.90. The average molecular weight is 290 g/mol. The van der Waals surface area contributed by atoms with Crippen LogP contribution >= 0.6 is 0 Å². The maximum atomic E-state index is 9.42. The fourth-order valence-electron chi connectivity index (χ4n) is 1.93. The lowest BCUT2D eigenvalue weighted by Crippen LogP contribution is -2.03. The monoisotopic (exact) mass is 290 g/mol. The zero-order chi connectivity index (χ0) is 15.2. The number of aliphatic hydroxyl groups excluding tert-OH is 1. The van der Waals surface area contributed by atoms with Gasteiger partial charge in [0.1, 0.15) is 0 Å². The van der Waals surface area contributed by atoms with Crippen LogP contribution in [0.15, 0.2) is 36.4 Å². The number of ether oxygens (including phenoxy) is 2. The molecule has 0 saturated heterocycles. The summed E-state index contributed by atoms with van der Waals surface area (Å²) >= 11 is 0. The molecule has 0 bridgehead atoms. The van der Waals surface area contributed by atoms with Crippen LogP contribution in [-0.4, -0.2) is 29.0 Å². The van der Waals surface area contributed by atoms with E-state index in [-0.39, 0.29) is 18.1 Å². The topological polar surface area (TPSA) is 79.2 Å². The van der Waals surface area contributed by atoms with E-state index in [2.05, 4.69) is 0 Å². The summed E-state index contributed by atoms with van der Waals surface area (Å²) in [4.78, 5) is 0. The summed E-state index contributed by atoms with van der Waals surface area (Å²) in [6.07, 6.45) is 0.582. The molecule has 0 unspecified atom stereocenters. The zero-order valence-corrected chi connectivity index (χ0v) is 11.7. The lowest BCUT2D eigenvalue weighted by Gasteiger charge is -2.12. The van der Waals surface area contributed by atoms with Gasteiger partial charge in [-0.25, -0.2) is 0 Å². The van der Waals surface area contributed by atoms with E-state index in [1.807, 2.05) is 0 Å². The van der Waals surface area contributed by atoms with Crippen molar-refractivity contribution in [2.75, 3.05) is 13.7 Å². The van der Waals surface area contributed by atoms with Crippen LogP contribution < -0.4 is 9.47 Å². The first-order valence-corrected chi connectivity index (χ1v) is 6.55. The largest absolute Gasteiger partial charge is 0.504 e. The highest BCUT2D eigenvalue weighted by molar-refractivity contribution is 5.43. The van der Waals surface area contributed by atoms with Gasteiger partial charge in [-0.2, -0.15) is 0 Å². The summed E-state index contributed by atoms with van der Waals surface area (Å²) < 4.78 is 10.9. The van der Waals surface area contributed by atoms with Gasteiger partial charge in [0, 0.05) is 6.42 Å². The van der Waals surface area contributed by atoms with Crippen molar-refractivity contribution in [1.82, 2.24) is 0 Å². The van der Waals surface area contributed by atoms with E-state index in [4.69, 9.17) is 14.6 Å². The van der Waals surface area contributed by atoms with Crippen LogP contribution in [0.4, 0.5) is 0 Å². The lowest BCUT2D eigenvalue weighted by molar-refractivity contribution is 0.277. The Balaban J connectivity index is 1.98. The molecule has 2 aromatic carbocycles. The first kappa shape index (κ1) is 15.0. The van der Waals surface area contributed by atoms with Crippen LogP contribution in [-0.2, 0) is 13.0 Å². The Morgan fingerprint density at radius 2 is 1.67 bits per heavy atom. The van der Waals surface area contributed by atoms with Gasteiger partial charge in [-0.15, -0.1) is 0 Å². The minimum absolute atomic E-state index is 0.0522. The van der Waals surface area contributed by atoms with Gasteiger partial charge in [-0.3, -0.25) is 0 Å². The molecule has 3 N–H and O–H groups in total. The van der Waals surface area contributed by atoms with Crippen LogP contribution in [0.2, 0.25) is 0 Å². The average Bonchev–Trinajstić information content (AvgIpc) is 2.51. The minimum Gasteiger partial charge on any atom is -0.504 e. The molecular formula is C16H18O5. The van der Waals surface area contributed by atoms with Crippen LogP contribution in [0.5, 0.6) is 23.0 Å². The van der Waals surface area contributed by atoms with Crippen LogP contribution in [0.1, 0.15) is 11.1 Å². The molecule has 0 fully saturated rings. The Bertz CT molecular complexity index is 610. The highest BCUT2D eigenvalue weighted by Gasteiger charge is 2.06. The summed E-state index contributed by atoms with van der Waals surface area (Å²) in [6.45, 7) is 0.350. The molecule has 0 radical (unpaired) electrons. The van der Waals surface area contributed by atoms with Gasteiger partial charge in [0.25, 0.3) is 0 Å². The smallest absolute Gasteiger partial charge is 0.161 e. The van der Waals surface area contributed by atoms with E-state index in [0.717, 1.165) is 11.1 Å². The van der Waals surface area contributed by atoms with Crippen molar-refractivity contribution in [3.05, 3.63) is 47.5 Å². The molecule has 0 amide bonds. The Labute approximate surface area is 123 Å². The number of aliphatic hydroxyl groups is 1. The first-order chi connectivity index (χ1) is 10.1. The fraction of sp³-hybridized carbons (Fsp3) is 0.250. The van der Waals surface area contributed by atoms with E-state index in [1.165, 1.54) is 12.1 Å². The number of benzene rings is 2. The number of hydrogen-bond donors (Lipinski definition) is 3. The molecule has 0 atom stereocenters. The molecule has 0 aliphatic heterocycles. The number of phenolic OH excluding ortho intramolecular Hbond substituents is 2. The van der Waals surface area contributed by atoms with Crippen LogP contribution in [0.3, 0.4) is 0 Å². The summed E-state index contributed by atoms with van der Waals surface area (Å²) in [5, 5.41) is 27.7. The predicted octanol–water partition coefficient (Wildman–Crippen LogP) is 2.22. The number of hydrogen-bond acceptors (Lipinski definition) is 5. The molecule has 2 rings (SSSR count). The number of phenols is 2. The van der Waals surface area contributed by atoms with Crippen molar-refractivity contribution in [1.29, 1.82) is 0 Å². The predicted molar refractivity (Wildman–Crippen MR) is 77.9 cm³/mol. The molecule has 0 aliphatic carbocycles. The highest BCUT2D eigenvalue weighted by atomic mass is 16.5. The molecule has 2 aromatic rings. The quantitative estimate of drug-likeness (QED) is 0.711. The second-order valence-corrected chi connectivity index (χ2v) is 4.56. The molecule has 0 aliphatic rings. The van der Waals surface area contributed by atoms with Gasteiger partial charge in [-0.05, 0) is 35.4 Å². The van der Waals surface area contributed by atoms with Gasteiger partial charge in [0.2, 0.25) is 0 Å². The second-order valence-electron chi connectivity index (χ2n) is 4.56. The van der Waals surface area contributed by atoms with Gasteiger partial charge >= 0.3 is 0 Å². The van der Waals surface area contributed by atoms with Gasteiger partial charge in [-0.1, -0.05) is 12.1 Å². The Hall–Kier alpha value is -2.40. The molecule has 5 heteroatoms. The molecule has 0 aromatic heterocycles.